The summed E-state index contributed by atoms with van der Waals surface area (Å²) in [6.45, 7) is 0. The lowest BCUT2D eigenvalue weighted by Gasteiger charge is -2.22. The third kappa shape index (κ3) is 9.84. The van der Waals surface area contributed by atoms with Crippen LogP contribution in [0.5, 0.6) is 0 Å². The smallest absolute Gasteiger partial charge is 0.326 e. The van der Waals surface area contributed by atoms with Crippen molar-refractivity contribution >= 4 is 41.5 Å². The monoisotopic (exact) mass is 393 g/mol. The van der Waals surface area contributed by atoms with Gasteiger partial charge in [-0.25, -0.2) is 4.79 Å². The van der Waals surface area contributed by atoms with Crippen LogP contribution in [0, 0.1) is 0 Å². The Bertz CT molecular complexity index is 542. The van der Waals surface area contributed by atoms with Crippen LogP contribution in [0.1, 0.15) is 25.7 Å². The maximum atomic E-state index is 12.3. The van der Waals surface area contributed by atoms with Crippen LogP contribution in [0.3, 0.4) is 0 Å². The largest absolute Gasteiger partial charge is 0.481 e. The molecule has 0 bridgehead atoms. The number of carbonyl (C=O) groups is 5. The molecule has 0 aliphatic rings. The Kier molecular flexibility index (Phi) is 11.0. The summed E-state index contributed by atoms with van der Waals surface area (Å²) in [5, 5.41) is 30.8. The third-order valence-electron chi connectivity index (χ3n) is 3.24. The van der Waals surface area contributed by atoms with E-state index in [0.29, 0.717) is 5.75 Å². The molecule has 26 heavy (non-hydrogen) atoms. The maximum Gasteiger partial charge on any atom is 0.326 e. The summed E-state index contributed by atoms with van der Waals surface area (Å²) in [6, 6.07) is -3.92. The van der Waals surface area contributed by atoms with Crippen molar-refractivity contribution in [2.45, 2.75) is 43.8 Å². The van der Waals surface area contributed by atoms with Gasteiger partial charge in [-0.3, -0.25) is 19.2 Å². The van der Waals surface area contributed by atoms with E-state index < -0.39 is 60.7 Å². The van der Waals surface area contributed by atoms with Crippen LogP contribution in [-0.4, -0.2) is 75.2 Å². The molecular formula is C14H23N3O8S. The highest BCUT2D eigenvalue weighted by atomic mass is 32.2. The zero-order valence-corrected chi connectivity index (χ0v) is 15.0. The third-order valence-corrected chi connectivity index (χ3v) is 3.88. The molecule has 148 valence electrons. The topological polar surface area (TPSA) is 196 Å². The van der Waals surface area contributed by atoms with Crippen molar-refractivity contribution < 1.29 is 39.3 Å². The van der Waals surface area contributed by atoms with Gasteiger partial charge < -0.3 is 31.7 Å². The fraction of sp³-hybridized carbons (Fsp3) is 0.643. The van der Waals surface area contributed by atoms with E-state index in [-0.39, 0.29) is 12.8 Å². The highest BCUT2D eigenvalue weighted by molar-refractivity contribution is 7.98. The summed E-state index contributed by atoms with van der Waals surface area (Å²) < 4.78 is 0. The van der Waals surface area contributed by atoms with E-state index in [0.717, 1.165) is 0 Å². The van der Waals surface area contributed by atoms with E-state index in [1.165, 1.54) is 11.8 Å². The van der Waals surface area contributed by atoms with Gasteiger partial charge in [-0.05, 0) is 24.9 Å². The van der Waals surface area contributed by atoms with Crippen molar-refractivity contribution in [3.05, 3.63) is 0 Å². The number of carbonyl (C=O) groups excluding carboxylic acids is 2. The molecule has 2 amide bonds. The quantitative estimate of drug-likeness (QED) is 0.213. The summed E-state index contributed by atoms with van der Waals surface area (Å²) in [5.41, 5.74) is 5.44. The van der Waals surface area contributed by atoms with E-state index in [4.69, 9.17) is 21.1 Å². The van der Waals surface area contributed by atoms with Gasteiger partial charge in [0.05, 0.1) is 12.5 Å². The van der Waals surface area contributed by atoms with E-state index in [1.807, 2.05) is 0 Å². The molecule has 0 aromatic rings. The Morgan fingerprint density at radius 1 is 0.923 bits per heavy atom. The first-order valence-corrected chi connectivity index (χ1v) is 8.99. The summed E-state index contributed by atoms with van der Waals surface area (Å²) in [6.07, 6.45) is 0.517. The SMILES string of the molecule is CSCC[C@H](NC(=O)[C@@H](N)CC(=O)O)C(=O)N[C@@H](CCC(=O)O)C(=O)O. The number of nitrogens with one attached hydrogen (secondary N) is 2. The molecule has 11 nitrogen and oxygen atoms in total. The maximum absolute atomic E-state index is 12.3. The minimum atomic E-state index is -1.43. The fourth-order valence-corrected chi connectivity index (χ4v) is 2.33. The van der Waals surface area contributed by atoms with Gasteiger partial charge >= 0.3 is 17.9 Å². The number of amides is 2. The van der Waals surface area contributed by atoms with Crippen LogP contribution in [0.2, 0.25) is 0 Å². The summed E-state index contributed by atoms with van der Waals surface area (Å²) in [4.78, 5) is 56.5. The molecule has 0 radical (unpaired) electrons. The number of hydrogen-bond donors (Lipinski definition) is 6. The van der Waals surface area contributed by atoms with Crippen LogP contribution in [-0.2, 0) is 24.0 Å². The van der Waals surface area contributed by atoms with Crippen LogP contribution in [0.25, 0.3) is 0 Å². The number of carboxylic acids is 3. The predicted molar refractivity (Wildman–Crippen MR) is 91.6 cm³/mol. The predicted octanol–water partition coefficient (Wildman–Crippen LogP) is -1.54. The number of nitrogens with two attached hydrogens (primary N) is 1. The molecule has 0 aromatic carbocycles. The Balaban J connectivity index is 4.99. The van der Waals surface area contributed by atoms with Gasteiger partial charge in [0.15, 0.2) is 0 Å². The number of rotatable bonds is 13. The molecule has 0 aliphatic heterocycles. The first-order valence-electron chi connectivity index (χ1n) is 7.60. The van der Waals surface area contributed by atoms with Gasteiger partial charge in [0.2, 0.25) is 11.8 Å². The van der Waals surface area contributed by atoms with Gasteiger partial charge in [-0.15, -0.1) is 0 Å². The van der Waals surface area contributed by atoms with Crippen molar-refractivity contribution in [3.63, 3.8) is 0 Å². The van der Waals surface area contributed by atoms with Gasteiger partial charge in [-0.2, -0.15) is 11.8 Å². The molecule has 0 saturated carbocycles. The van der Waals surface area contributed by atoms with Crippen LogP contribution < -0.4 is 16.4 Å². The summed E-state index contributed by atoms with van der Waals surface area (Å²) in [7, 11) is 0. The Morgan fingerprint density at radius 2 is 1.50 bits per heavy atom. The van der Waals surface area contributed by atoms with Gasteiger partial charge in [-0.1, -0.05) is 0 Å². The highest BCUT2D eigenvalue weighted by Crippen LogP contribution is 2.05. The average Bonchev–Trinajstić information content (AvgIpc) is 2.53. The van der Waals surface area contributed by atoms with E-state index >= 15 is 0 Å². The molecule has 0 spiro atoms. The Hall–Kier alpha value is -2.34. The first kappa shape index (κ1) is 23.7. The second-order valence-corrected chi connectivity index (χ2v) is 6.36. The molecule has 0 unspecified atom stereocenters. The summed E-state index contributed by atoms with van der Waals surface area (Å²) >= 11 is 1.38. The standard InChI is InChI=1S/C14H23N3O8S/c1-26-5-4-8(16-12(22)7(15)6-11(20)21)13(23)17-9(14(24)25)2-3-10(18)19/h7-9H,2-6,15H2,1H3,(H,16,22)(H,17,23)(H,18,19)(H,20,21)(H,24,25)/t7-,8-,9-/m0/s1. The van der Waals surface area contributed by atoms with Crippen molar-refractivity contribution in [1.29, 1.82) is 0 Å². The number of carboxylic acid groups (broad SMARTS) is 3. The minimum Gasteiger partial charge on any atom is -0.481 e. The van der Waals surface area contributed by atoms with E-state index in [1.54, 1.807) is 6.26 Å². The van der Waals surface area contributed by atoms with Crippen LogP contribution in [0.15, 0.2) is 0 Å². The van der Waals surface area contributed by atoms with Crippen molar-refractivity contribution in [1.82, 2.24) is 10.6 Å². The van der Waals surface area contributed by atoms with Crippen molar-refractivity contribution in [3.8, 4) is 0 Å². The Morgan fingerprint density at radius 3 is 1.96 bits per heavy atom. The van der Waals surface area contributed by atoms with E-state index in [9.17, 15) is 24.0 Å². The van der Waals surface area contributed by atoms with Gasteiger partial charge in [0.25, 0.3) is 0 Å². The number of thioether (sulfide) groups is 1. The lowest BCUT2D eigenvalue weighted by Crippen LogP contribution is -2.54. The molecule has 3 atom stereocenters. The first-order chi connectivity index (χ1) is 12.1. The molecule has 0 heterocycles. The van der Waals surface area contributed by atoms with Crippen LogP contribution in [0.4, 0.5) is 0 Å². The zero-order chi connectivity index (χ0) is 20.3. The second-order valence-electron chi connectivity index (χ2n) is 5.38. The molecule has 7 N–H and O–H groups in total. The summed E-state index contributed by atoms with van der Waals surface area (Å²) in [5.74, 6) is -5.11. The van der Waals surface area contributed by atoms with Crippen LogP contribution >= 0.6 is 11.8 Å². The lowest BCUT2D eigenvalue weighted by atomic mass is 10.1. The van der Waals surface area contributed by atoms with Crippen molar-refractivity contribution in [2.75, 3.05) is 12.0 Å². The number of aliphatic carboxylic acids is 3. The minimum absolute atomic E-state index is 0.157. The number of hydrogen-bond acceptors (Lipinski definition) is 7. The molecule has 12 heteroatoms. The van der Waals surface area contributed by atoms with Crippen molar-refractivity contribution in [2.24, 2.45) is 5.73 Å². The lowest BCUT2D eigenvalue weighted by molar-refractivity contribution is -0.144. The molecular weight excluding hydrogens is 370 g/mol. The molecule has 0 saturated heterocycles. The molecule has 0 aliphatic carbocycles. The molecule has 0 fully saturated rings. The molecule has 0 aromatic heterocycles. The second kappa shape index (κ2) is 12.1. The zero-order valence-electron chi connectivity index (χ0n) is 14.1. The molecule has 0 rings (SSSR count). The van der Waals surface area contributed by atoms with Gasteiger partial charge in [0, 0.05) is 6.42 Å². The Labute approximate surface area is 153 Å². The van der Waals surface area contributed by atoms with E-state index in [2.05, 4.69) is 10.6 Å². The normalized spacial score (nSPS) is 13.9. The highest BCUT2D eigenvalue weighted by Gasteiger charge is 2.28. The average molecular weight is 393 g/mol. The fourth-order valence-electron chi connectivity index (χ4n) is 1.86. The van der Waals surface area contributed by atoms with Gasteiger partial charge in [0.1, 0.15) is 12.1 Å².